The predicted octanol–water partition coefficient (Wildman–Crippen LogP) is 2.22. The van der Waals surface area contributed by atoms with E-state index in [0.717, 1.165) is 6.42 Å². The zero-order valence-corrected chi connectivity index (χ0v) is 12.9. The van der Waals surface area contributed by atoms with Crippen LogP contribution in [-0.4, -0.2) is 58.9 Å². The molecule has 2 atom stereocenters. The minimum atomic E-state index is -0.491. The summed E-state index contributed by atoms with van der Waals surface area (Å²) in [7, 11) is 0. The molecule has 0 aromatic rings. The molecule has 0 spiro atoms. The molecule has 0 N–H and O–H groups in total. The molecule has 2 saturated heterocycles. The van der Waals surface area contributed by atoms with Gasteiger partial charge in [0.15, 0.2) is 0 Å². The Kier molecular flexibility index (Phi) is 3.84. The Morgan fingerprint density at radius 1 is 1.05 bits per heavy atom. The summed E-state index contributed by atoms with van der Waals surface area (Å²) in [5, 5.41) is 0. The number of amides is 2. The molecular formula is C14H24N2O4. The Bertz CT molecular complexity index is 402. The Balaban J connectivity index is 1.92. The van der Waals surface area contributed by atoms with Crippen LogP contribution in [0.25, 0.3) is 0 Å². The first-order valence-corrected chi connectivity index (χ1v) is 7.14. The molecule has 2 amide bonds. The first-order chi connectivity index (χ1) is 9.17. The smallest absolute Gasteiger partial charge is 0.410 e. The molecule has 2 bridgehead atoms. The summed E-state index contributed by atoms with van der Waals surface area (Å²) in [6.45, 7) is 10.3. The van der Waals surface area contributed by atoms with Gasteiger partial charge in [0.1, 0.15) is 5.60 Å². The van der Waals surface area contributed by atoms with Crippen LogP contribution in [-0.2, 0) is 9.47 Å². The standard InChI is InChI=1S/C14H24N2O4/c1-9(2)19-12(17)15-7-11-6-10(15)8-16(11)13(18)20-14(3,4)5/h9-11H,6-8H2,1-5H3. The minimum Gasteiger partial charge on any atom is -0.447 e. The molecule has 2 rings (SSSR count). The van der Waals surface area contributed by atoms with Crippen molar-refractivity contribution in [2.75, 3.05) is 13.1 Å². The summed E-state index contributed by atoms with van der Waals surface area (Å²) < 4.78 is 10.6. The molecule has 2 heterocycles. The summed E-state index contributed by atoms with van der Waals surface area (Å²) in [6, 6.07) is 0.105. The highest BCUT2D eigenvalue weighted by atomic mass is 16.6. The van der Waals surface area contributed by atoms with Crippen molar-refractivity contribution in [1.29, 1.82) is 0 Å². The molecule has 0 radical (unpaired) electrons. The van der Waals surface area contributed by atoms with Crippen molar-refractivity contribution in [3.8, 4) is 0 Å². The second-order valence-corrected chi connectivity index (χ2v) is 6.76. The van der Waals surface area contributed by atoms with Gasteiger partial charge in [-0.05, 0) is 41.0 Å². The first-order valence-electron chi connectivity index (χ1n) is 7.14. The van der Waals surface area contributed by atoms with Crippen molar-refractivity contribution in [3.05, 3.63) is 0 Å². The van der Waals surface area contributed by atoms with Crippen LogP contribution in [0.3, 0.4) is 0 Å². The highest BCUT2D eigenvalue weighted by molar-refractivity contribution is 5.72. The fourth-order valence-corrected chi connectivity index (χ4v) is 2.70. The van der Waals surface area contributed by atoms with E-state index in [9.17, 15) is 9.59 Å². The number of carbonyl (C=O) groups is 2. The van der Waals surface area contributed by atoms with Crippen LogP contribution in [0, 0.1) is 0 Å². The van der Waals surface area contributed by atoms with Crippen LogP contribution in [0.5, 0.6) is 0 Å². The number of nitrogens with zero attached hydrogens (tertiary/aromatic N) is 2. The lowest BCUT2D eigenvalue weighted by Crippen LogP contribution is -2.52. The van der Waals surface area contributed by atoms with E-state index in [-0.39, 0.29) is 30.4 Å². The van der Waals surface area contributed by atoms with Gasteiger partial charge >= 0.3 is 12.2 Å². The van der Waals surface area contributed by atoms with Gasteiger partial charge in [-0.2, -0.15) is 0 Å². The van der Waals surface area contributed by atoms with E-state index in [1.54, 1.807) is 9.80 Å². The van der Waals surface area contributed by atoms with E-state index >= 15 is 0 Å². The topological polar surface area (TPSA) is 59.1 Å². The average molecular weight is 284 g/mol. The Morgan fingerprint density at radius 3 is 1.95 bits per heavy atom. The highest BCUT2D eigenvalue weighted by Gasteiger charge is 2.48. The molecule has 0 saturated carbocycles. The maximum absolute atomic E-state index is 12.1. The fourth-order valence-electron chi connectivity index (χ4n) is 2.70. The fraction of sp³-hybridized carbons (Fsp3) is 0.857. The van der Waals surface area contributed by atoms with Gasteiger partial charge in [0.05, 0.1) is 18.2 Å². The Hall–Kier alpha value is -1.46. The van der Waals surface area contributed by atoms with Crippen molar-refractivity contribution < 1.29 is 19.1 Å². The monoisotopic (exact) mass is 284 g/mol. The molecule has 2 aliphatic heterocycles. The molecular weight excluding hydrogens is 260 g/mol. The number of hydrogen-bond acceptors (Lipinski definition) is 4. The molecule has 0 aromatic carbocycles. The number of rotatable bonds is 1. The van der Waals surface area contributed by atoms with E-state index < -0.39 is 5.60 Å². The van der Waals surface area contributed by atoms with Crippen LogP contribution in [0.1, 0.15) is 41.0 Å². The van der Waals surface area contributed by atoms with Gasteiger partial charge in [0, 0.05) is 13.1 Å². The summed E-state index contributed by atoms with van der Waals surface area (Å²) >= 11 is 0. The minimum absolute atomic E-state index is 0.0505. The zero-order chi connectivity index (χ0) is 15.1. The number of likely N-dealkylation sites (tertiary alicyclic amines) is 2. The number of piperazine rings is 1. The quantitative estimate of drug-likeness (QED) is 0.741. The lowest BCUT2D eigenvalue weighted by molar-refractivity contribution is 0.00955. The molecule has 20 heavy (non-hydrogen) atoms. The van der Waals surface area contributed by atoms with Crippen molar-refractivity contribution in [2.45, 2.75) is 64.8 Å². The van der Waals surface area contributed by atoms with Gasteiger partial charge in [0.2, 0.25) is 0 Å². The SMILES string of the molecule is CC(C)OC(=O)N1CC2CC1CN2C(=O)OC(C)(C)C. The van der Waals surface area contributed by atoms with E-state index in [1.807, 2.05) is 34.6 Å². The summed E-state index contributed by atoms with van der Waals surface area (Å²) in [6.07, 6.45) is 0.119. The second kappa shape index (κ2) is 5.14. The number of fused-ring (bicyclic) bond motifs is 2. The summed E-state index contributed by atoms with van der Waals surface area (Å²) in [4.78, 5) is 27.5. The van der Waals surface area contributed by atoms with Crippen LogP contribution in [0.2, 0.25) is 0 Å². The van der Waals surface area contributed by atoms with Gasteiger partial charge in [-0.15, -0.1) is 0 Å². The third kappa shape index (κ3) is 3.16. The van der Waals surface area contributed by atoms with E-state index in [0.29, 0.717) is 13.1 Å². The van der Waals surface area contributed by atoms with Gasteiger partial charge < -0.3 is 19.3 Å². The molecule has 2 unspecified atom stereocenters. The van der Waals surface area contributed by atoms with Crippen LogP contribution < -0.4 is 0 Å². The molecule has 0 aromatic heterocycles. The van der Waals surface area contributed by atoms with Crippen molar-refractivity contribution in [1.82, 2.24) is 9.80 Å². The molecule has 6 heteroatoms. The van der Waals surface area contributed by atoms with Crippen LogP contribution >= 0.6 is 0 Å². The van der Waals surface area contributed by atoms with Gasteiger partial charge in [0.25, 0.3) is 0 Å². The summed E-state index contributed by atoms with van der Waals surface area (Å²) in [5.74, 6) is 0. The van der Waals surface area contributed by atoms with Crippen molar-refractivity contribution in [3.63, 3.8) is 0 Å². The normalized spacial score (nSPS) is 25.3. The number of hydrogen-bond donors (Lipinski definition) is 0. The molecule has 6 nitrogen and oxygen atoms in total. The van der Waals surface area contributed by atoms with Crippen LogP contribution in [0.4, 0.5) is 9.59 Å². The maximum Gasteiger partial charge on any atom is 0.410 e. The van der Waals surface area contributed by atoms with E-state index in [4.69, 9.17) is 9.47 Å². The number of carbonyl (C=O) groups excluding carboxylic acids is 2. The van der Waals surface area contributed by atoms with Crippen molar-refractivity contribution in [2.24, 2.45) is 0 Å². The summed E-state index contributed by atoms with van der Waals surface area (Å²) in [5.41, 5.74) is -0.491. The van der Waals surface area contributed by atoms with E-state index in [1.165, 1.54) is 0 Å². The Labute approximate surface area is 120 Å². The largest absolute Gasteiger partial charge is 0.447 e. The molecule has 0 aliphatic carbocycles. The Morgan fingerprint density at radius 2 is 1.55 bits per heavy atom. The predicted molar refractivity (Wildman–Crippen MR) is 73.5 cm³/mol. The van der Waals surface area contributed by atoms with E-state index in [2.05, 4.69) is 0 Å². The molecule has 114 valence electrons. The van der Waals surface area contributed by atoms with Gasteiger partial charge in [-0.3, -0.25) is 0 Å². The first kappa shape index (κ1) is 14.9. The lowest BCUT2D eigenvalue weighted by Gasteiger charge is -2.34. The number of ether oxygens (including phenoxy) is 2. The second-order valence-electron chi connectivity index (χ2n) is 6.76. The van der Waals surface area contributed by atoms with Gasteiger partial charge in [-0.25, -0.2) is 9.59 Å². The molecule has 2 aliphatic rings. The highest BCUT2D eigenvalue weighted by Crippen LogP contribution is 2.32. The van der Waals surface area contributed by atoms with Crippen molar-refractivity contribution >= 4 is 12.2 Å². The van der Waals surface area contributed by atoms with Crippen LogP contribution in [0.15, 0.2) is 0 Å². The average Bonchev–Trinajstić information content (AvgIpc) is 2.84. The zero-order valence-electron chi connectivity index (χ0n) is 12.9. The molecule has 2 fully saturated rings. The third-order valence-electron chi connectivity index (χ3n) is 3.44. The lowest BCUT2D eigenvalue weighted by atomic mass is 10.2. The maximum atomic E-state index is 12.1. The van der Waals surface area contributed by atoms with Gasteiger partial charge in [-0.1, -0.05) is 0 Å². The third-order valence-corrected chi connectivity index (χ3v) is 3.44.